The minimum atomic E-state index is -0.355. The summed E-state index contributed by atoms with van der Waals surface area (Å²) in [5.74, 6) is -0.359. The Hall–Kier alpha value is -2.56. The zero-order valence-electron chi connectivity index (χ0n) is 8.64. The highest BCUT2D eigenvalue weighted by Gasteiger charge is 2.10. The fourth-order valence-electron chi connectivity index (χ4n) is 1.90. The van der Waals surface area contributed by atoms with Crippen molar-refractivity contribution in [2.24, 2.45) is 0 Å². The molecule has 3 rings (SSSR count). The highest BCUT2D eigenvalue weighted by molar-refractivity contribution is 5.94. The van der Waals surface area contributed by atoms with E-state index in [1.165, 1.54) is 12.3 Å². The van der Waals surface area contributed by atoms with E-state index >= 15 is 0 Å². The molecule has 17 heavy (non-hydrogen) atoms. The topological polar surface area (TPSA) is 86.2 Å². The molecule has 1 aromatic carbocycles. The van der Waals surface area contributed by atoms with Crippen LogP contribution in [0.15, 0.2) is 35.3 Å². The highest BCUT2D eigenvalue weighted by Crippen LogP contribution is 2.27. The Bertz CT molecular complexity index is 793. The van der Waals surface area contributed by atoms with Crippen LogP contribution in [0.4, 0.5) is 0 Å². The number of phenolic OH excluding ortho intramolecular Hbond substituents is 2. The Kier molecular flexibility index (Phi) is 1.82. The molecule has 5 heteroatoms. The molecule has 0 fully saturated rings. The van der Waals surface area contributed by atoms with Gasteiger partial charge in [0.15, 0.2) is 0 Å². The first-order valence-electron chi connectivity index (χ1n) is 4.99. The van der Waals surface area contributed by atoms with Gasteiger partial charge in [-0.25, -0.2) is 0 Å². The lowest BCUT2D eigenvalue weighted by Crippen LogP contribution is -2.05. The van der Waals surface area contributed by atoms with Crippen LogP contribution in [0.25, 0.3) is 21.9 Å². The number of hydrogen-bond acceptors (Lipinski definition) is 4. The van der Waals surface area contributed by atoms with Crippen LogP contribution in [0, 0.1) is 0 Å². The first-order chi connectivity index (χ1) is 8.16. The van der Waals surface area contributed by atoms with Gasteiger partial charge in [-0.05, 0) is 12.1 Å². The molecule has 0 unspecified atom stereocenters. The Balaban J connectivity index is 2.64. The van der Waals surface area contributed by atoms with Gasteiger partial charge in [-0.2, -0.15) is 0 Å². The summed E-state index contributed by atoms with van der Waals surface area (Å²) in [7, 11) is 0. The largest absolute Gasteiger partial charge is 0.508 e. The molecule has 0 saturated carbocycles. The maximum absolute atomic E-state index is 12.1. The van der Waals surface area contributed by atoms with Gasteiger partial charge >= 0.3 is 0 Å². The van der Waals surface area contributed by atoms with Crippen LogP contribution in [-0.2, 0) is 0 Å². The zero-order chi connectivity index (χ0) is 12.0. The molecule has 3 N–H and O–H groups in total. The number of aromatic nitrogens is 2. The number of hydrogen-bond donors (Lipinski definition) is 3. The summed E-state index contributed by atoms with van der Waals surface area (Å²) in [5.41, 5.74) is 0.857. The number of rotatable bonds is 0. The van der Waals surface area contributed by atoms with Crippen molar-refractivity contribution >= 4 is 21.9 Å². The van der Waals surface area contributed by atoms with Gasteiger partial charge in [-0.1, -0.05) is 0 Å². The van der Waals surface area contributed by atoms with Gasteiger partial charge in [0.1, 0.15) is 17.0 Å². The summed E-state index contributed by atoms with van der Waals surface area (Å²) in [5, 5.41) is 19.2. The van der Waals surface area contributed by atoms with E-state index in [2.05, 4.69) is 9.97 Å². The maximum Gasteiger partial charge on any atom is 0.219 e. The summed E-state index contributed by atoms with van der Waals surface area (Å²) >= 11 is 0. The molecule has 0 radical (unpaired) electrons. The van der Waals surface area contributed by atoms with Crippen molar-refractivity contribution < 1.29 is 10.2 Å². The first-order valence-corrected chi connectivity index (χ1v) is 4.99. The third-order valence-corrected chi connectivity index (χ3v) is 2.62. The van der Waals surface area contributed by atoms with Crippen molar-refractivity contribution in [2.75, 3.05) is 0 Å². The second kappa shape index (κ2) is 3.21. The monoisotopic (exact) mass is 228 g/mol. The van der Waals surface area contributed by atoms with Gasteiger partial charge in [0.2, 0.25) is 5.43 Å². The van der Waals surface area contributed by atoms with Gasteiger partial charge < -0.3 is 15.2 Å². The maximum atomic E-state index is 12.1. The molecule has 3 aromatic rings. The Morgan fingerprint density at radius 2 is 2.00 bits per heavy atom. The predicted octanol–water partition coefficient (Wildman–Crippen LogP) is 1.49. The number of pyridine rings is 2. The normalized spacial score (nSPS) is 11.1. The molecule has 0 atom stereocenters. The zero-order valence-corrected chi connectivity index (χ0v) is 8.64. The van der Waals surface area contributed by atoms with Crippen LogP contribution in [0.3, 0.4) is 0 Å². The number of nitrogens with one attached hydrogen (secondary N) is 1. The summed E-state index contributed by atoms with van der Waals surface area (Å²) in [4.78, 5) is 19.0. The quantitative estimate of drug-likeness (QED) is 0.509. The number of phenols is 2. The summed E-state index contributed by atoms with van der Waals surface area (Å²) in [6.45, 7) is 0. The molecule has 0 aliphatic rings. The van der Waals surface area contributed by atoms with Crippen molar-refractivity contribution in [1.29, 1.82) is 0 Å². The van der Waals surface area contributed by atoms with Gasteiger partial charge in [-0.3, -0.25) is 9.78 Å². The van der Waals surface area contributed by atoms with Crippen molar-refractivity contribution in [1.82, 2.24) is 9.97 Å². The Labute approximate surface area is 95.0 Å². The Morgan fingerprint density at radius 3 is 2.82 bits per heavy atom. The van der Waals surface area contributed by atoms with Gasteiger partial charge in [0.05, 0.1) is 16.4 Å². The van der Waals surface area contributed by atoms with Gasteiger partial charge in [0, 0.05) is 18.3 Å². The van der Waals surface area contributed by atoms with Crippen molar-refractivity contribution in [3.63, 3.8) is 0 Å². The molecule has 0 aliphatic heterocycles. The van der Waals surface area contributed by atoms with E-state index in [0.717, 1.165) is 6.07 Å². The molecule has 5 nitrogen and oxygen atoms in total. The lowest BCUT2D eigenvalue weighted by molar-refractivity contribution is 0.455. The summed E-state index contributed by atoms with van der Waals surface area (Å²) in [6.07, 6.45) is 1.51. The fraction of sp³-hybridized carbons (Fsp3) is 0. The second-order valence-corrected chi connectivity index (χ2v) is 3.74. The molecule has 0 aliphatic carbocycles. The molecule has 2 heterocycles. The number of benzene rings is 1. The molecule has 0 amide bonds. The number of aromatic amines is 1. The smallest absolute Gasteiger partial charge is 0.219 e. The first kappa shape index (κ1) is 9.65. The molecule has 2 aromatic heterocycles. The van der Waals surface area contributed by atoms with Crippen LogP contribution in [0.1, 0.15) is 0 Å². The molecule has 0 bridgehead atoms. The van der Waals surface area contributed by atoms with E-state index in [4.69, 9.17) is 0 Å². The van der Waals surface area contributed by atoms with Crippen molar-refractivity contribution in [2.45, 2.75) is 0 Å². The lowest BCUT2D eigenvalue weighted by atomic mass is 10.1. The number of H-pyrrole nitrogens is 1. The van der Waals surface area contributed by atoms with E-state index in [-0.39, 0.29) is 27.8 Å². The van der Waals surface area contributed by atoms with Crippen LogP contribution in [0.2, 0.25) is 0 Å². The lowest BCUT2D eigenvalue weighted by Gasteiger charge is -2.04. The Morgan fingerprint density at radius 1 is 1.18 bits per heavy atom. The van der Waals surface area contributed by atoms with Crippen LogP contribution in [0.5, 0.6) is 11.5 Å². The number of aromatic hydroxyl groups is 2. The molecule has 84 valence electrons. The number of fused-ring (bicyclic) bond motifs is 2. The molecule has 0 spiro atoms. The van der Waals surface area contributed by atoms with Crippen molar-refractivity contribution in [3.8, 4) is 11.5 Å². The van der Waals surface area contributed by atoms with E-state index in [1.807, 2.05) is 0 Å². The average molecular weight is 228 g/mol. The summed E-state index contributed by atoms with van der Waals surface area (Å²) < 4.78 is 0. The highest BCUT2D eigenvalue weighted by atomic mass is 16.3. The summed E-state index contributed by atoms with van der Waals surface area (Å²) in [6, 6.07) is 5.94. The van der Waals surface area contributed by atoms with Crippen molar-refractivity contribution in [3.05, 3.63) is 40.7 Å². The van der Waals surface area contributed by atoms with E-state index in [0.29, 0.717) is 11.0 Å². The van der Waals surface area contributed by atoms with E-state index in [9.17, 15) is 15.0 Å². The van der Waals surface area contributed by atoms with E-state index in [1.54, 1.807) is 12.1 Å². The van der Waals surface area contributed by atoms with Gasteiger partial charge in [-0.15, -0.1) is 0 Å². The predicted molar refractivity (Wildman–Crippen MR) is 63.2 cm³/mol. The third-order valence-electron chi connectivity index (χ3n) is 2.62. The molecular formula is C12H8N2O3. The average Bonchev–Trinajstić information content (AvgIpc) is 2.28. The van der Waals surface area contributed by atoms with Gasteiger partial charge in [0.25, 0.3) is 0 Å². The number of nitrogens with zero attached hydrogens (tertiary/aromatic N) is 1. The minimum Gasteiger partial charge on any atom is -0.508 e. The molecule has 0 saturated heterocycles. The van der Waals surface area contributed by atoms with Crippen LogP contribution >= 0.6 is 0 Å². The third kappa shape index (κ3) is 1.32. The second-order valence-electron chi connectivity index (χ2n) is 3.74. The fourth-order valence-corrected chi connectivity index (χ4v) is 1.90. The standard InChI is InChI=1S/C12H8N2O3/c15-6-4-8-10(9(16)5-6)12(17)11-7(14-8)2-1-3-13-11/h1-5,15-16H,(H,14,17). The molecular weight excluding hydrogens is 220 g/mol. The SMILES string of the molecule is O=c1c2ncccc2[nH]c2cc(O)cc(O)c12. The van der Waals surface area contributed by atoms with E-state index < -0.39 is 0 Å². The van der Waals surface area contributed by atoms with Crippen LogP contribution < -0.4 is 5.43 Å². The minimum absolute atomic E-state index is 0.103. The van der Waals surface area contributed by atoms with Crippen LogP contribution in [-0.4, -0.2) is 20.2 Å².